The minimum Gasteiger partial charge on any atom is -0.493 e. The van der Waals surface area contributed by atoms with Crippen LogP contribution in [-0.2, 0) is 6.42 Å². The van der Waals surface area contributed by atoms with Gasteiger partial charge in [-0.05, 0) is 66.8 Å². The summed E-state index contributed by atoms with van der Waals surface area (Å²) in [5.41, 5.74) is 11.8. The fraction of sp³-hybridized carbons (Fsp3) is 0.158. The van der Waals surface area contributed by atoms with Crippen molar-refractivity contribution in [3.05, 3.63) is 119 Å². The number of fused-ring (bicyclic) bond motifs is 8. The first-order valence-corrected chi connectivity index (χ1v) is 15.5. The lowest BCUT2D eigenvalue weighted by atomic mass is 9.93. The van der Waals surface area contributed by atoms with Gasteiger partial charge in [0.15, 0.2) is 0 Å². The molecule has 206 valence electrons. The molecular formula is C38H32N2OS. The van der Waals surface area contributed by atoms with Crippen molar-refractivity contribution in [1.29, 1.82) is 0 Å². The molecule has 8 rings (SSSR count). The number of hydrogen-bond acceptors (Lipinski definition) is 3. The van der Waals surface area contributed by atoms with E-state index in [1.54, 1.807) is 0 Å². The quantitative estimate of drug-likeness (QED) is 0.231. The fourth-order valence-corrected chi connectivity index (χ4v) is 8.04. The molecule has 42 heavy (non-hydrogen) atoms. The van der Waals surface area contributed by atoms with E-state index >= 15 is 0 Å². The summed E-state index contributed by atoms with van der Waals surface area (Å²) in [6.07, 6.45) is 9.97. The Morgan fingerprint density at radius 2 is 1.83 bits per heavy atom. The molecule has 0 unspecified atom stereocenters. The standard InChI is InChI=1S/C38H32N2OS/c1-23-15-17-33-30(21-23)24(2)22-25(19-20-41-33)26-11-8-12-31(39-3)37(26)40-32-13-6-4-9-27(32)28-16-18-35-36(38(28)40)29-10-5-7-14-34(29)42-35/h4-6,8-13,15-18,21-22,39H,2,7,14,19-20H2,1,3H3/b25-22+. The van der Waals surface area contributed by atoms with E-state index in [4.69, 9.17) is 4.74 Å². The minimum atomic E-state index is 0.610. The minimum absolute atomic E-state index is 0.610. The van der Waals surface area contributed by atoms with Gasteiger partial charge in [0, 0.05) is 50.3 Å². The lowest BCUT2D eigenvalue weighted by Crippen LogP contribution is -2.08. The maximum Gasteiger partial charge on any atom is 0.127 e. The molecule has 4 heteroatoms. The Morgan fingerprint density at radius 3 is 2.74 bits per heavy atom. The number of rotatable bonds is 3. The van der Waals surface area contributed by atoms with Crippen LogP contribution in [0.5, 0.6) is 5.75 Å². The Balaban J connectivity index is 1.46. The first kappa shape index (κ1) is 25.2. The summed E-state index contributed by atoms with van der Waals surface area (Å²) < 4.78 is 10.2. The van der Waals surface area contributed by atoms with Crippen molar-refractivity contribution in [3.63, 3.8) is 0 Å². The summed E-state index contributed by atoms with van der Waals surface area (Å²) >= 11 is 1.95. The number of thiophene rings is 1. The van der Waals surface area contributed by atoms with Gasteiger partial charge in [-0.2, -0.15) is 0 Å². The molecule has 1 aliphatic carbocycles. The average Bonchev–Trinajstić information content (AvgIpc) is 3.55. The molecule has 2 aliphatic rings. The molecule has 0 saturated heterocycles. The van der Waals surface area contributed by atoms with Gasteiger partial charge in [0.2, 0.25) is 0 Å². The largest absolute Gasteiger partial charge is 0.493 e. The van der Waals surface area contributed by atoms with Gasteiger partial charge >= 0.3 is 0 Å². The van der Waals surface area contributed by atoms with E-state index in [-0.39, 0.29) is 0 Å². The Hall–Kier alpha value is -4.54. The molecule has 2 aromatic heterocycles. The predicted octanol–water partition coefficient (Wildman–Crippen LogP) is 10.2. The molecular weight excluding hydrogens is 532 g/mol. The molecule has 3 heterocycles. The first-order valence-electron chi connectivity index (χ1n) is 14.7. The van der Waals surface area contributed by atoms with Crippen LogP contribution in [0, 0.1) is 6.92 Å². The monoisotopic (exact) mass is 564 g/mol. The predicted molar refractivity (Wildman–Crippen MR) is 181 cm³/mol. The van der Waals surface area contributed by atoms with Crippen LogP contribution in [0.4, 0.5) is 5.69 Å². The zero-order valence-corrected chi connectivity index (χ0v) is 24.8. The number of hydrogen-bond donors (Lipinski definition) is 1. The van der Waals surface area contributed by atoms with E-state index in [0.29, 0.717) is 6.61 Å². The molecule has 1 aliphatic heterocycles. The first-order chi connectivity index (χ1) is 20.6. The third kappa shape index (κ3) is 3.79. The van der Waals surface area contributed by atoms with Crippen molar-refractivity contribution < 1.29 is 4.74 Å². The zero-order chi connectivity index (χ0) is 28.4. The summed E-state index contributed by atoms with van der Waals surface area (Å²) in [6.45, 7) is 7.23. The molecule has 0 amide bonds. The van der Waals surface area contributed by atoms with E-state index in [2.05, 4.69) is 114 Å². The van der Waals surface area contributed by atoms with Crippen LogP contribution >= 0.6 is 11.3 Å². The summed E-state index contributed by atoms with van der Waals surface area (Å²) in [5, 5.41) is 7.47. The van der Waals surface area contributed by atoms with Gasteiger partial charge in [0.25, 0.3) is 0 Å². The second kappa shape index (κ2) is 9.78. The van der Waals surface area contributed by atoms with Gasteiger partial charge in [-0.25, -0.2) is 0 Å². The van der Waals surface area contributed by atoms with E-state index in [9.17, 15) is 0 Å². The molecule has 0 spiro atoms. The highest BCUT2D eigenvalue weighted by Gasteiger charge is 2.24. The third-order valence-corrected chi connectivity index (χ3v) is 9.99. The van der Waals surface area contributed by atoms with Crippen molar-refractivity contribution >= 4 is 66.1 Å². The molecule has 0 saturated carbocycles. The van der Waals surface area contributed by atoms with E-state index < -0.39 is 0 Å². The summed E-state index contributed by atoms with van der Waals surface area (Å²) in [4.78, 5) is 1.49. The molecule has 4 aromatic carbocycles. The van der Waals surface area contributed by atoms with Crippen molar-refractivity contribution in [2.45, 2.75) is 26.2 Å². The highest BCUT2D eigenvalue weighted by molar-refractivity contribution is 7.19. The number of aryl methyl sites for hydroxylation is 2. The van der Waals surface area contributed by atoms with Crippen LogP contribution in [-0.4, -0.2) is 18.2 Å². The van der Waals surface area contributed by atoms with Crippen LogP contribution in [0.1, 0.15) is 40.0 Å². The van der Waals surface area contributed by atoms with Crippen LogP contribution in [0.25, 0.3) is 54.8 Å². The average molecular weight is 565 g/mol. The van der Waals surface area contributed by atoms with Gasteiger partial charge in [0.05, 0.1) is 29.0 Å². The van der Waals surface area contributed by atoms with Crippen LogP contribution in [0.3, 0.4) is 0 Å². The van der Waals surface area contributed by atoms with Crippen molar-refractivity contribution in [2.75, 3.05) is 19.0 Å². The Morgan fingerprint density at radius 1 is 0.929 bits per heavy atom. The molecule has 0 radical (unpaired) electrons. The van der Waals surface area contributed by atoms with E-state index in [0.717, 1.165) is 41.8 Å². The lowest BCUT2D eigenvalue weighted by molar-refractivity contribution is 0.325. The molecule has 6 aromatic rings. The van der Waals surface area contributed by atoms with Crippen molar-refractivity contribution in [2.24, 2.45) is 0 Å². The summed E-state index contributed by atoms with van der Waals surface area (Å²) in [6, 6.07) is 26.5. The molecule has 0 bridgehead atoms. The number of para-hydroxylation sites is 2. The van der Waals surface area contributed by atoms with Crippen molar-refractivity contribution in [1.82, 2.24) is 4.57 Å². The lowest BCUT2D eigenvalue weighted by Gasteiger charge is -2.23. The maximum absolute atomic E-state index is 6.31. The Bertz CT molecular complexity index is 2140. The Labute approximate surface area is 250 Å². The van der Waals surface area contributed by atoms with Crippen LogP contribution < -0.4 is 10.1 Å². The van der Waals surface area contributed by atoms with Crippen LogP contribution in [0.15, 0.2) is 91.5 Å². The number of benzene rings is 4. The number of allylic oxidation sites excluding steroid dienone is 3. The maximum atomic E-state index is 6.31. The number of nitrogens with one attached hydrogen (secondary N) is 1. The SMILES string of the molecule is C=C1/C=C(/c2cccc(NC)c2-n2c3ccccc3c3ccc4sc5c(c4c32)C=CCC5)CCOc2ccc(C)cc21. The van der Waals surface area contributed by atoms with E-state index in [1.165, 1.54) is 64.7 Å². The number of nitrogens with zero attached hydrogens (tertiary/aromatic N) is 1. The zero-order valence-electron chi connectivity index (χ0n) is 24.0. The van der Waals surface area contributed by atoms with E-state index in [1.807, 2.05) is 18.4 Å². The van der Waals surface area contributed by atoms with Gasteiger partial charge in [0.1, 0.15) is 5.75 Å². The molecule has 3 nitrogen and oxygen atoms in total. The number of anilines is 1. The third-order valence-electron chi connectivity index (χ3n) is 8.76. The normalized spacial score (nSPS) is 16.0. The number of aromatic nitrogens is 1. The van der Waals surface area contributed by atoms with Crippen LogP contribution in [0.2, 0.25) is 0 Å². The topological polar surface area (TPSA) is 26.2 Å². The molecule has 0 fully saturated rings. The fourth-order valence-electron chi connectivity index (χ4n) is 6.83. The van der Waals surface area contributed by atoms with Gasteiger partial charge in [-0.15, -0.1) is 11.3 Å². The van der Waals surface area contributed by atoms with Gasteiger partial charge in [-0.3, -0.25) is 0 Å². The summed E-state index contributed by atoms with van der Waals surface area (Å²) in [5.74, 6) is 0.908. The molecule has 0 atom stereocenters. The second-order valence-electron chi connectivity index (χ2n) is 11.3. The van der Waals surface area contributed by atoms with Gasteiger partial charge < -0.3 is 14.6 Å². The number of ether oxygens (including phenoxy) is 1. The summed E-state index contributed by atoms with van der Waals surface area (Å²) in [7, 11) is 2.02. The highest BCUT2D eigenvalue weighted by atomic mass is 32.1. The van der Waals surface area contributed by atoms with Gasteiger partial charge in [-0.1, -0.05) is 72.8 Å². The Kier molecular flexibility index (Phi) is 5.87. The van der Waals surface area contributed by atoms with Crippen molar-refractivity contribution in [3.8, 4) is 11.4 Å². The highest BCUT2D eigenvalue weighted by Crippen LogP contribution is 2.46. The smallest absolute Gasteiger partial charge is 0.127 e. The second-order valence-corrected chi connectivity index (χ2v) is 12.4. The molecule has 1 N–H and O–H groups in total.